The fourth-order valence-electron chi connectivity index (χ4n) is 4.85. The van der Waals surface area contributed by atoms with Crippen LogP contribution in [0.15, 0.2) is 36.9 Å². The molecule has 1 aliphatic heterocycles. The van der Waals surface area contributed by atoms with Crippen molar-refractivity contribution in [3.8, 4) is 17.0 Å². The van der Waals surface area contributed by atoms with Gasteiger partial charge in [-0.3, -0.25) is 24.2 Å². The Balaban J connectivity index is 1.18. The number of benzene rings is 1. The number of halogens is 4. The molecular formula is C27H22ClF3N8O3. The predicted molar refractivity (Wildman–Crippen MR) is 144 cm³/mol. The molecule has 11 nitrogen and oxygen atoms in total. The van der Waals surface area contributed by atoms with E-state index >= 15 is 0 Å². The third-order valence-electron chi connectivity index (χ3n) is 7.16. The molecule has 4 aromatic rings. The second-order valence-corrected chi connectivity index (χ2v) is 10.4. The number of alkyl halides is 2. The lowest BCUT2D eigenvalue weighted by molar-refractivity contribution is -0.118. The zero-order valence-corrected chi connectivity index (χ0v) is 22.9. The van der Waals surface area contributed by atoms with E-state index in [4.69, 9.17) is 11.6 Å². The topological polar surface area (TPSA) is 128 Å². The van der Waals surface area contributed by atoms with Crippen LogP contribution in [0.1, 0.15) is 33.9 Å². The van der Waals surface area contributed by atoms with Crippen molar-refractivity contribution in [2.45, 2.75) is 33.4 Å². The van der Waals surface area contributed by atoms with Crippen LogP contribution in [-0.4, -0.2) is 54.7 Å². The predicted octanol–water partition coefficient (Wildman–Crippen LogP) is 4.42. The summed E-state index contributed by atoms with van der Waals surface area (Å²) in [5, 5.41) is 6.58. The molecule has 0 bridgehead atoms. The van der Waals surface area contributed by atoms with Crippen LogP contribution >= 0.6 is 11.6 Å². The molecule has 1 aromatic carbocycles. The van der Waals surface area contributed by atoms with Gasteiger partial charge in [0, 0.05) is 36.1 Å². The van der Waals surface area contributed by atoms with Gasteiger partial charge in [-0.25, -0.2) is 19.3 Å². The Morgan fingerprint density at radius 1 is 1.17 bits per heavy atom. The van der Waals surface area contributed by atoms with Gasteiger partial charge < -0.3 is 10.1 Å². The van der Waals surface area contributed by atoms with E-state index in [2.05, 4.69) is 35.1 Å². The Bertz CT molecular complexity index is 1730. The molecule has 1 N–H and O–H groups in total. The number of aryl methyl sites for hydroxylation is 2. The van der Waals surface area contributed by atoms with Gasteiger partial charge in [0.25, 0.3) is 5.91 Å². The monoisotopic (exact) mass is 598 g/mol. The Labute approximate surface area is 241 Å². The summed E-state index contributed by atoms with van der Waals surface area (Å²) in [6.07, 6.45) is 6.74. The summed E-state index contributed by atoms with van der Waals surface area (Å²) in [5.74, 6) is -1.25. The maximum absolute atomic E-state index is 14.9. The molecule has 42 heavy (non-hydrogen) atoms. The van der Waals surface area contributed by atoms with E-state index in [9.17, 15) is 22.8 Å². The highest BCUT2D eigenvalue weighted by atomic mass is 35.5. The fraction of sp³-hybridized carbons (Fsp3) is 0.296. The van der Waals surface area contributed by atoms with Gasteiger partial charge in [-0.1, -0.05) is 11.6 Å². The molecule has 1 aliphatic carbocycles. The molecule has 216 valence electrons. The summed E-state index contributed by atoms with van der Waals surface area (Å²) in [6.45, 7) is 1.07. The van der Waals surface area contributed by atoms with E-state index in [0.717, 1.165) is 30.3 Å². The molecule has 2 atom stereocenters. The van der Waals surface area contributed by atoms with Gasteiger partial charge in [-0.2, -0.15) is 13.9 Å². The molecule has 0 radical (unpaired) electrons. The molecule has 2 fully saturated rings. The average Bonchev–Trinajstić information content (AvgIpc) is 3.47. The van der Waals surface area contributed by atoms with Gasteiger partial charge >= 0.3 is 6.61 Å². The van der Waals surface area contributed by atoms with Gasteiger partial charge in [0.1, 0.15) is 11.4 Å². The lowest BCUT2D eigenvalue weighted by Gasteiger charge is -2.17. The van der Waals surface area contributed by atoms with Crippen LogP contribution in [-0.2, 0) is 11.3 Å². The van der Waals surface area contributed by atoms with Gasteiger partial charge in [0.05, 0.1) is 46.6 Å². The molecule has 3 aromatic heterocycles. The van der Waals surface area contributed by atoms with E-state index in [1.54, 1.807) is 22.0 Å². The van der Waals surface area contributed by atoms with E-state index in [1.165, 1.54) is 13.1 Å². The highest BCUT2D eigenvalue weighted by Crippen LogP contribution is 2.46. The summed E-state index contributed by atoms with van der Waals surface area (Å²) in [6, 6.07) is 2.15. The summed E-state index contributed by atoms with van der Waals surface area (Å²) in [5.41, 5.74) is 1.17. The molecule has 0 unspecified atom stereocenters. The van der Waals surface area contributed by atoms with E-state index in [0.29, 0.717) is 36.3 Å². The van der Waals surface area contributed by atoms with E-state index in [-0.39, 0.29) is 33.9 Å². The van der Waals surface area contributed by atoms with Crippen molar-refractivity contribution in [2.24, 2.45) is 11.8 Å². The van der Waals surface area contributed by atoms with Crippen molar-refractivity contribution in [3.63, 3.8) is 0 Å². The number of rotatable bonds is 8. The lowest BCUT2D eigenvalue weighted by Crippen LogP contribution is -2.30. The fourth-order valence-corrected chi connectivity index (χ4v) is 5.01. The standard InChI is InChI=1S/C27H22ClF3N8O3/c1-12-15(6-33-27(35-12)39-10-14-5-17(14)25(39)41)9-38-11-16(7-34-38)36-24(40)23-13(2)32-8-19(37-23)21-20(42-26(30)31)4-3-18(28)22(21)29/h3-4,6-8,11,14,17,26H,5,9-10H2,1-2H3,(H,36,40)/t14-,17-/m1/s1. The maximum atomic E-state index is 14.9. The maximum Gasteiger partial charge on any atom is 0.387 e. The number of carbonyl (C=O) groups excluding carboxylic acids is 2. The molecule has 4 heterocycles. The number of hydrogen-bond donors (Lipinski definition) is 1. The van der Waals surface area contributed by atoms with Crippen molar-refractivity contribution in [3.05, 3.63) is 70.4 Å². The third-order valence-corrected chi connectivity index (χ3v) is 7.45. The quantitative estimate of drug-likeness (QED) is 0.316. The molecule has 6 rings (SSSR count). The Morgan fingerprint density at radius 3 is 2.69 bits per heavy atom. The second-order valence-electron chi connectivity index (χ2n) is 10.0. The average molecular weight is 599 g/mol. The van der Waals surface area contributed by atoms with Gasteiger partial charge in [0.2, 0.25) is 11.9 Å². The number of anilines is 2. The minimum absolute atomic E-state index is 0.0738. The number of nitrogens with one attached hydrogen (secondary N) is 1. The highest BCUT2D eigenvalue weighted by Gasteiger charge is 2.53. The number of fused-ring (bicyclic) bond motifs is 1. The SMILES string of the molecule is Cc1nc(N2C[C@H]3C[C@H]3C2=O)ncc1Cn1cc(NC(=O)c2nc(-c3c(OC(F)F)ccc(Cl)c3F)cnc2C)cn1. The first-order valence-corrected chi connectivity index (χ1v) is 13.2. The molecule has 15 heteroatoms. The number of nitrogens with zero attached hydrogens (tertiary/aromatic N) is 7. The summed E-state index contributed by atoms with van der Waals surface area (Å²) in [7, 11) is 0. The summed E-state index contributed by atoms with van der Waals surface area (Å²) >= 11 is 5.85. The minimum Gasteiger partial charge on any atom is -0.434 e. The van der Waals surface area contributed by atoms with Crippen molar-refractivity contribution in [2.75, 3.05) is 16.8 Å². The van der Waals surface area contributed by atoms with Crippen LogP contribution in [0.5, 0.6) is 5.75 Å². The Hall–Kier alpha value is -4.59. The number of ether oxygens (including phenoxy) is 1. The lowest BCUT2D eigenvalue weighted by atomic mass is 10.1. The molecule has 1 saturated heterocycles. The van der Waals surface area contributed by atoms with Crippen molar-refractivity contribution in [1.82, 2.24) is 29.7 Å². The van der Waals surface area contributed by atoms with Crippen LogP contribution < -0.4 is 15.0 Å². The van der Waals surface area contributed by atoms with Gasteiger partial charge in [-0.05, 0) is 38.3 Å². The molecule has 2 aliphatic rings. The van der Waals surface area contributed by atoms with E-state index in [1.807, 2.05) is 6.92 Å². The van der Waals surface area contributed by atoms with E-state index < -0.39 is 29.6 Å². The number of aromatic nitrogens is 6. The largest absolute Gasteiger partial charge is 0.434 e. The Kier molecular flexibility index (Phi) is 7.01. The Morgan fingerprint density at radius 2 is 1.98 bits per heavy atom. The highest BCUT2D eigenvalue weighted by molar-refractivity contribution is 6.31. The van der Waals surface area contributed by atoms with Crippen LogP contribution in [0, 0.1) is 31.5 Å². The minimum atomic E-state index is -3.23. The van der Waals surface area contributed by atoms with Crippen molar-refractivity contribution < 1.29 is 27.5 Å². The summed E-state index contributed by atoms with van der Waals surface area (Å²) in [4.78, 5) is 44.2. The zero-order valence-electron chi connectivity index (χ0n) is 22.2. The zero-order chi connectivity index (χ0) is 29.7. The first-order chi connectivity index (χ1) is 20.1. The number of amides is 2. The molecule has 0 spiro atoms. The van der Waals surface area contributed by atoms with Crippen LogP contribution in [0.2, 0.25) is 5.02 Å². The van der Waals surface area contributed by atoms with Gasteiger partial charge in [-0.15, -0.1) is 0 Å². The van der Waals surface area contributed by atoms with Crippen LogP contribution in [0.3, 0.4) is 0 Å². The first-order valence-electron chi connectivity index (χ1n) is 12.8. The van der Waals surface area contributed by atoms with Crippen molar-refractivity contribution >= 4 is 35.1 Å². The molecular weight excluding hydrogens is 577 g/mol. The normalized spacial score (nSPS) is 17.5. The smallest absolute Gasteiger partial charge is 0.387 e. The number of piperidine rings is 1. The molecule has 1 saturated carbocycles. The number of hydrogen-bond acceptors (Lipinski definition) is 8. The van der Waals surface area contributed by atoms with Crippen molar-refractivity contribution in [1.29, 1.82) is 0 Å². The molecule has 2 amide bonds. The first kappa shape index (κ1) is 27.6. The van der Waals surface area contributed by atoms with Crippen LogP contribution in [0.25, 0.3) is 11.3 Å². The number of carbonyl (C=O) groups is 2. The van der Waals surface area contributed by atoms with Crippen LogP contribution in [0.4, 0.5) is 24.8 Å². The second kappa shape index (κ2) is 10.7. The summed E-state index contributed by atoms with van der Waals surface area (Å²) < 4.78 is 46.7. The third kappa shape index (κ3) is 5.24. The van der Waals surface area contributed by atoms with Gasteiger partial charge in [0.15, 0.2) is 5.82 Å².